The molecule has 0 aromatic carbocycles. The molecule has 1 rings (SSSR count). The Morgan fingerprint density at radius 2 is 2.57 bits per heavy atom. The van der Waals surface area contributed by atoms with Crippen LogP contribution in [-0.4, -0.2) is 13.2 Å². The van der Waals surface area contributed by atoms with Gasteiger partial charge in [-0.15, -0.1) is 6.42 Å². The van der Waals surface area contributed by atoms with Gasteiger partial charge in [-0.05, 0) is 37.7 Å². The van der Waals surface area contributed by atoms with Gasteiger partial charge >= 0.3 is 0 Å². The molecule has 0 bridgehead atoms. The standard InChI is InChI=1S/C13H18O/c1-4-9-14-10-12-5-7-13(8-6-12)11(2)3/h1,5,13H,2,6-10H2,3H3. The van der Waals surface area contributed by atoms with E-state index in [9.17, 15) is 0 Å². The van der Waals surface area contributed by atoms with Gasteiger partial charge in [0, 0.05) is 0 Å². The molecule has 0 N–H and O–H groups in total. The van der Waals surface area contributed by atoms with Crippen molar-refractivity contribution in [2.75, 3.05) is 13.2 Å². The highest BCUT2D eigenvalue weighted by Crippen LogP contribution is 2.27. The average molecular weight is 190 g/mol. The van der Waals surface area contributed by atoms with Gasteiger partial charge < -0.3 is 4.74 Å². The molecule has 1 aliphatic carbocycles. The van der Waals surface area contributed by atoms with Gasteiger partial charge in [0.25, 0.3) is 0 Å². The first-order chi connectivity index (χ1) is 6.74. The van der Waals surface area contributed by atoms with Gasteiger partial charge in [0.05, 0.1) is 6.61 Å². The largest absolute Gasteiger partial charge is 0.364 e. The maximum Gasteiger partial charge on any atom is 0.107 e. The fourth-order valence-corrected chi connectivity index (χ4v) is 1.71. The van der Waals surface area contributed by atoms with E-state index >= 15 is 0 Å². The Morgan fingerprint density at radius 1 is 1.79 bits per heavy atom. The Bertz CT molecular complexity index is 267. The Kier molecular flexibility index (Phi) is 4.49. The maximum absolute atomic E-state index is 5.29. The third kappa shape index (κ3) is 3.40. The molecule has 0 spiro atoms. The lowest BCUT2D eigenvalue weighted by molar-refractivity contribution is 0.187. The minimum atomic E-state index is 0.418. The molecule has 1 heteroatoms. The predicted octanol–water partition coefficient (Wildman–Crippen LogP) is 2.94. The van der Waals surface area contributed by atoms with E-state index < -0.39 is 0 Å². The second kappa shape index (κ2) is 5.67. The fourth-order valence-electron chi connectivity index (χ4n) is 1.71. The SMILES string of the molecule is C#CCOCC1=CCC(C(=C)C)CC1. The zero-order valence-corrected chi connectivity index (χ0v) is 8.88. The highest BCUT2D eigenvalue weighted by atomic mass is 16.5. The molecule has 0 fully saturated rings. The zero-order valence-electron chi connectivity index (χ0n) is 8.88. The second-order valence-corrected chi connectivity index (χ2v) is 3.88. The average Bonchev–Trinajstić information content (AvgIpc) is 2.19. The molecule has 1 unspecified atom stereocenters. The molecule has 0 saturated heterocycles. The summed E-state index contributed by atoms with van der Waals surface area (Å²) in [7, 11) is 0. The van der Waals surface area contributed by atoms with Crippen LogP contribution in [0.15, 0.2) is 23.8 Å². The second-order valence-electron chi connectivity index (χ2n) is 3.88. The van der Waals surface area contributed by atoms with Crippen molar-refractivity contribution in [3.8, 4) is 12.3 Å². The minimum Gasteiger partial charge on any atom is -0.364 e. The number of allylic oxidation sites excluding steroid dienone is 2. The van der Waals surface area contributed by atoms with Gasteiger partial charge in [0.1, 0.15) is 6.61 Å². The zero-order chi connectivity index (χ0) is 10.4. The van der Waals surface area contributed by atoms with Gasteiger partial charge in [-0.1, -0.05) is 24.1 Å². The smallest absolute Gasteiger partial charge is 0.107 e. The molecule has 0 radical (unpaired) electrons. The van der Waals surface area contributed by atoms with Crippen molar-refractivity contribution < 1.29 is 4.74 Å². The quantitative estimate of drug-likeness (QED) is 0.376. The summed E-state index contributed by atoms with van der Waals surface area (Å²) in [4.78, 5) is 0. The Morgan fingerprint density at radius 3 is 3.07 bits per heavy atom. The lowest BCUT2D eigenvalue weighted by Crippen LogP contribution is -2.09. The summed E-state index contributed by atoms with van der Waals surface area (Å²) in [6.07, 6.45) is 10.8. The van der Waals surface area contributed by atoms with Crippen molar-refractivity contribution in [1.82, 2.24) is 0 Å². The molecule has 0 aromatic rings. The van der Waals surface area contributed by atoms with E-state index in [2.05, 4.69) is 25.5 Å². The molecule has 0 heterocycles. The van der Waals surface area contributed by atoms with Crippen LogP contribution < -0.4 is 0 Å². The van der Waals surface area contributed by atoms with Gasteiger partial charge in [-0.25, -0.2) is 0 Å². The fraction of sp³-hybridized carbons (Fsp3) is 0.538. The lowest BCUT2D eigenvalue weighted by Gasteiger charge is -2.21. The van der Waals surface area contributed by atoms with Crippen molar-refractivity contribution in [2.24, 2.45) is 5.92 Å². The van der Waals surface area contributed by atoms with Gasteiger partial charge in [0.15, 0.2) is 0 Å². The van der Waals surface area contributed by atoms with Crippen LogP contribution in [0.25, 0.3) is 0 Å². The van der Waals surface area contributed by atoms with Crippen LogP contribution in [0.5, 0.6) is 0 Å². The summed E-state index contributed by atoms with van der Waals surface area (Å²) in [6.45, 7) is 7.22. The maximum atomic E-state index is 5.29. The number of terminal acetylenes is 1. The van der Waals surface area contributed by atoms with Crippen molar-refractivity contribution in [1.29, 1.82) is 0 Å². The Balaban J connectivity index is 2.31. The van der Waals surface area contributed by atoms with Crippen molar-refractivity contribution in [3.05, 3.63) is 23.8 Å². The molecule has 0 amide bonds. The molecule has 0 aromatic heterocycles. The van der Waals surface area contributed by atoms with E-state index in [1.54, 1.807) is 0 Å². The summed E-state index contributed by atoms with van der Waals surface area (Å²) in [5.41, 5.74) is 2.68. The Hall–Kier alpha value is -1.00. The summed E-state index contributed by atoms with van der Waals surface area (Å²) >= 11 is 0. The number of hydrogen-bond donors (Lipinski definition) is 0. The third-order valence-electron chi connectivity index (χ3n) is 2.67. The van der Waals surface area contributed by atoms with Crippen molar-refractivity contribution in [2.45, 2.75) is 26.2 Å². The molecule has 14 heavy (non-hydrogen) atoms. The van der Waals surface area contributed by atoms with Crippen LogP contribution in [-0.2, 0) is 4.74 Å². The van der Waals surface area contributed by atoms with E-state index in [1.807, 2.05) is 0 Å². The first-order valence-electron chi connectivity index (χ1n) is 5.08. The van der Waals surface area contributed by atoms with E-state index in [0.717, 1.165) is 12.8 Å². The van der Waals surface area contributed by atoms with Crippen LogP contribution in [0.2, 0.25) is 0 Å². The van der Waals surface area contributed by atoms with E-state index in [0.29, 0.717) is 19.1 Å². The van der Waals surface area contributed by atoms with Gasteiger partial charge in [-0.2, -0.15) is 0 Å². The number of rotatable bonds is 4. The van der Waals surface area contributed by atoms with Crippen molar-refractivity contribution in [3.63, 3.8) is 0 Å². The number of hydrogen-bond acceptors (Lipinski definition) is 1. The first kappa shape index (κ1) is 11.1. The molecule has 0 aliphatic heterocycles. The predicted molar refractivity (Wildman–Crippen MR) is 59.9 cm³/mol. The molecular weight excluding hydrogens is 172 g/mol. The van der Waals surface area contributed by atoms with Gasteiger partial charge in [0.2, 0.25) is 0 Å². The summed E-state index contributed by atoms with van der Waals surface area (Å²) in [5.74, 6) is 3.14. The monoisotopic (exact) mass is 190 g/mol. The summed E-state index contributed by atoms with van der Waals surface area (Å²) < 4.78 is 5.29. The third-order valence-corrected chi connectivity index (χ3v) is 2.67. The van der Waals surface area contributed by atoms with Crippen LogP contribution in [0.4, 0.5) is 0 Å². The van der Waals surface area contributed by atoms with E-state index in [-0.39, 0.29) is 0 Å². The summed E-state index contributed by atoms with van der Waals surface area (Å²) in [6, 6.07) is 0. The topological polar surface area (TPSA) is 9.23 Å². The summed E-state index contributed by atoms with van der Waals surface area (Å²) in [5, 5.41) is 0. The van der Waals surface area contributed by atoms with E-state index in [1.165, 1.54) is 17.6 Å². The minimum absolute atomic E-state index is 0.418. The molecule has 0 saturated carbocycles. The lowest BCUT2D eigenvalue weighted by atomic mass is 9.86. The van der Waals surface area contributed by atoms with Crippen LogP contribution >= 0.6 is 0 Å². The van der Waals surface area contributed by atoms with Crippen LogP contribution in [0.1, 0.15) is 26.2 Å². The molecule has 1 aliphatic rings. The van der Waals surface area contributed by atoms with E-state index in [4.69, 9.17) is 11.2 Å². The van der Waals surface area contributed by atoms with Crippen molar-refractivity contribution >= 4 is 0 Å². The Labute approximate surface area is 86.8 Å². The molecular formula is C13H18O. The first-order valence-corrected chi connectivity index (χ1v) is 5.08. The van der Waals surface area contributed by atoms with Crippen LogP contribution in [0.3, 0.4) is 0 Å². The molecule has 1 nitrogen and oxygen atoms in total. The molecule has 1 atom stereocenters. The molecule has 76 valence electrons. The highest BCUT2D eigenvalue weighted by Gasteiger charge is 2.14. The van der Waals surface area contributed by atoms with Crippen LogP contribution in [0, 0.1) is 18.3 Å². The highest BCUT2D eigenvalue weighted by molar-refractivity contribution is 5.12. The number of ether oxygens (including phenoxy) is 1. The van der Waals surface area contributed by atoms with Gasteiger partial charge in [-0.3, -0.25) is 0 Å². The normalized spacial score (nSPS) is 21.1.